The topological polar surface area (TPSA) is 41.6 Å². The van der Waals surface area contributed by atoms with Gasteiger partial charge in [0.05, 0.1) is 12.6 Å². The zero-order chi connectivity index (χ0) is 12.7. The Morgan fingerprint density at radius 3 is 2.65 bits per heavy atom. The predicted molar refractivity (Wildman–Crippen MR) is 67.7 cm³/mol. The third-order valence-corrected chi connectivity index (χ3v) is 3.07. The van der Waals surface area contributed by atoms with Crippen molar-refractivity contribution in [1.29, 1.82) is 0 Å². The van der Waals surface area contributed by atoms with Gasteiger partial charge >= 0.3 is 6.09 Å². The van der Waals surface area contributed by atoms with Gasteiger partial charge in [0.2, 0.25) is 0 Å². The average molecular weight is 238 g/mol. The van der Waals surface area contributed by atoms with Crippen LogP contribution < -0.4 is 5.32 Å². The van der Waals surface area contributed by atoms with E-state index in [1.54, 1.807) is 4.90 Å². The van der Waals surface area contributed by atoms with Crippen molar-refractivity contribution in [2.45, 2.75) is 45.2 Å². The normalized spacial score (nSPS) is 18.5. The molecule has 0 bridgehead atoms. The summed E-state index contributed by atoms with van der Waals surface area (Å²) in [7, 11) is 0. The van der Waals surface area contributed by atoms with E-state index in [9.17, 15) is 4.79 Å². The highest BCUT2D eigenvalue weighted by molar-refractivity contribution is 5.67. The summed E-state index contributed by atoms with van der Waals surface area (Å²) >= 11 is 0. The van der Waals surface area contributed by atoms with Crippen LogP contribution in [0.4, 0.5) is 4.79 Å². The minimum absolute atomic E-state index is 0.147. The van der Waals surface area contributed by atoms with Gasteiger partial charge in [-0.3, -0.25) is 0 Å². The van der Waals surface area contributed by atoms with E-state index in [0.717, 1.165) is 32.4 Å². The molecule has 96 valence electrons. The number of hydrogen-bond acceptors (Lipinski definition) is 3. The molecule has 0 saturated carbocycles. The zero-order valence-corrected chi connectivity index (χ0v) is 10.7. The number of nitrogens with one attached hydrogen (secondary N) is 1. The molecule has 0 radical (unpaired) electrons. The number of ether oxygens (including phenoxy) is 1. The minimum Gasteiger partial charge on any atom is -0.450 e. The first kappa shape index (κ1) is 13.9. The molecule has 4 nitrogen and oxygen atoms in total. The van der Waals surface area contributed by atoms with Crippen molar-refractivity contribution in [3.63, 3.8) is 0 Å². The molecule has 1 rings (SSSR count). The van der Waals surface area contributed by atoms with Crippen molar-refractivity contribution in [3.05, 3.63) is 0 Å². The Balaban J connectivity index is 2.31. The molecule has 1 fully saturated rings. The Morgan fingerprint density at radius 1 is 1.53 bits per heavy atom. The summed E-state index contributed by atoms with van der Waals surface area (Å²) in [5, 5.41) is 3.43. The number of nitrogens with zero attached hydrogens (tertiary/aromatic N) is 1. The fraction of sp³-hybridized carbons (Fsp3) is 0.769. The zero-order valence-electron chi connectivity index (χ0n) is 10.7. The average Bonchev–Trinajstić information content (AvgIpc) is 2.37. The smallest absolute Gasteiger partial charge is 0.409 e. The monoisotopic (exact) mass is 238 g/mol. The molecule has 0 aromatic heterocycles. The molecule has 17 heavy (non-hydrogen) atoms. The van der Waals surface area contributed by atoms with E-state index >= 15 is 0 Å². The van der Waals surface area contributed by atoms with Crippen LogP contribution in [0.3, 0.4) is 0 Å². The SMILES string of the molecule is C#CC(CC)NC1CCN(C(=O)OCC)CC1. The standard InChI is InChI=1S/C13H22N2O2/c1-4-11(5-2)14-12-7-9-15(10-8-12)13(16)17-6-3/h1,11-12,14H,5-10H2,2-3H3. The molecule has 1 saturated heterocycles. The van der Waals surface area contributed by atoms with Crippen LogP contribution in [-0.4, -0.2) is 42.8 Å². The first-order valence-electron chi connectivity index (χ1n) is 6.35. The number of hydrogen-bond donors (Lipinski definition) is 1. The molecule has 1 aliphatic heterocycles. The first-order valence-corrected chi connectivity index (χ1v) is 6.35. The van der Waals surface area contributed by atoms with Gasteiger partial charge in [0.25, 0.3) is 0 Å². The van der Waals surface area contributed by atoms with E-state index < -0.39 is 0 Å². The quantitative estimate of drug-likeness (QED) is 0.757. The van der Waals surface area contributed by atoms with Gasteiger partial charge in [0.1, 0.15) is 0 Å². The number of carbonyl (C=O) groups excluding carboxylic acids is 1. The predicted octanol–water partition coefficient (Wildman–Crippen LogP) is 1.61. The van der Waals surface area contributed by atoms with Crippen molar-refractivity contribution in [3.8, 4) is 12.3 Å². The number of amides is 1. The summed E-state index contributed by atoms with van der Waals surface area (Å²) in [6, 6.07) is 0.566. The maximum atomic E-state index is 11.5. The molecule has 0 aromatic rings. The first-order chi connectivity index (χ1) is 8.21. The van der Waals surface area contributed by atoms with Crippen LogP contribution in [-0.2, 0) is 4.74 Å². The molecular formula is C13H22N2O2. The van der Waals surface area contributed by atoms with E-state index in [1.807, 2.05) is 6.92 Å². The molecule has 0 spiro atoms. The summed E-state index contributed by atoms with van der Waals surface area (Å²) in [5.41, 5.74) is 0. The Labute approximate surface area is 104 Å². The van der Waals surface area contributed by atoms with Crippen LogP contribution in [0.25, 0.3) is 0 Å². The largest absolute Gasteiger partial charge is 0.450 e. The molecule has 1 atom stereocenters. The summed E-state index contributed by atoms with van der Waals surface area (Å²) in [5.74, 6) is 2.74. The number of likely N-dealkylation sites (tertiary alicyclic amines) is 1. The lowest BCUT2D eigenvalue weighted by molar-refractivity contribution is 0.0947. The molecule has 4 heteroatoms. The molecule has 0 aliphatic carbocycles. The summed E-state index contributed by atoms with van der Waals surface area (Å²) in [4.78, 5) is 13.3. The fourth-order valence-electron chi connectivity index (χ4n) is 2.01. The number of terminal acetylenes is 1. The van der Waals surface area contributed by atoms with Gasteiger partial charge in [-0.25, -0.2) is 4.79 Å². The van der Waals surface area contributed by atoms with E-state index in [4.69, 9.17) is 11.2 Å². The van der Waals surface area contributed by atoms with Crippen molar-refractivity contribution in [2.24, 2.45) is 0 Å². The van der Waals surface area contributed by atoms with E-state index in [-0.39, 0.29) is 12.1 Å². The Hall–Kier alpha value is -1.21. The third kappa shape index (κ3) is 4.27. The highest BCUT2D eigenvalue weighted by atomic mass is 16.6. The Bertz CT molecular complexity index is 278. The van der Waals surface area contributed by atoms with Gasteiger partial charge in [-0.2, -0.15) is 0 Å². The highest BCUT2D eigenvalue weighted by Crippen LogP contribution is 2.12. The molecule has 1 unspecified atom stereocenters. The lowest BCUT2D eigenvalue weighted by Gasteiger charge is -2.32. The lowest BCUT2D eigenvalue weighted by atomic mass is 10.0. The maximum Gasteiger partial charge on any atom is 0.409 e. The maximum absolute atomic E-state index is 11.5. The summed E-state index contributed by atoms with van der Waals surface area (Å²) in [6.45, 7) is 5.83. The Morgan fingerprint density at radius 2 is 2.18 bits per heavy atom. The second-order valence-corrected chi connectivity index (χ2v) is 4.25. The summed E-state index contributed by atoms with van der Waals surface area (Å²) in [6.07, 6.45) is 8.04. The van der Waals surface area contributed by atoms with Gasteiger partial charge in [0.15, 0.2) is 0 Å². The van der Waals surface area contributed by atoms with Gasteiger partial charge in [0, 0.05) is 19.1 Å². The van der Waals surface area contributed by atoms with Crippen LogP contribution in [0, 0.1) is 12.3 Å². The summed E-state index contributed by atoms with van der Waals surface area (Å²) < 4.78 is 4.97. The van der Waals surface area contributed by atoms with Crippen molar-refractivity contribution in [1.82, 2.24) is 10.2 Å². The molecule has 1 N–H and O–H groups in total. The molecular weight excluding hydrogens is 216 g/mol. The lowest BCUT2D eigenvalue weighted by Crippen LogP contribution is -2.47. The number of rotatable bonds is 4. The van der Waals surface area contributed by atoms with Crippen LogP contribution in [0.2, 0.25) is 0 Å². The van der Waals surface area contributed by atoms with Crippen LogP contribution in [0.5, 0.6) is 0 Å². The van der Waals surface area contributed by atoms with Gasteiger partial charge in [-0.05, 0) is 26.2 Å². The van der Waals surface area contributed by atoms with Gasteiger partial charge in [-0.1, -0.05) is 12.8 Å². The van der Waals surface area contributed by atoms with Crippen LogP contribution in [0.1, 0.15) is 33.1 Å². The van der Waals surface area contributed by atoms with E-state index in [1.165, 1.54) is 0 Å². The molecule has 0 aromatic carbocycles. The van der Waals surface area contributed by atoms with Crippen molar-refractivity contribution in [2.75, 3.05) is 19.7 Å². The van der Waals surface area contributed by atoms with E-state index in [0.29, 0.717) is 12.6 Å². The van der Waals surface area contributed by atoms with Crippen molar-refractivity contribution >= 4 is 6.09 Å². The minimum atomic E-state index is -0.199. The van der Waals surface area contributed by atoms with Gasteiger partial charge in [-0.15, -0.1) is 6.42 Å². The second-order valence-electron chi connectivity index (χ2n) is 4.25. The second kappa shape index (κ2) is 7.18. The van der Waals surface area contributed by atoms with Crippen molar-refractivity contribution < 1.29 is 9.53 Å². The van der Waals surface area contributed by atoms with E-state index in [2.05, 4.69) is 18.2 Å². The number of carbonyl (C=O) groups is 1. The third-order valence-electron chi connectivity index (χ3n) is 3.07. The fourth-order valence-corrected chi connectivity index (χ4v) is 2.01. The molecule has 1 aliphatic rings. The molecule has 1 amide bonds. The van der Waals surface area contributed by atoms with Gasteiger partial charge < -0.3 is 15.0 Å². The Kier molecular flexibility index (Phi) is 5.85. The van der Waals surface area contributed by atoms with Crippen LogP contribution >= 0.6 is 0 Å². The number of piperidine rings is 1. The molecule has 1 heterocycles. The van der Waals surface area contributed by atoms with Crippen LogP contribution in [0.15, 0.2) is 0 Å². The highest BCUT2D eigenvalue weighted by Gasteiger charge is 2.24.